The van der Waals surface area contributed by atoms with Crippen LogP contribution in [0.4, 0.5) is 0 Å². The maximum Gasteiger partial charge on any atom is 0.223 e. The van der Waals surface area contributed by atoms with Crippen LogP contribution in [-0.4, -0.2) is 53.9 Å². The quantitative estimate of drug-likeness (QED) is 0.611. The number of hydrogen-bond acceptors (Lipinski definition) is 5. The number of aryl methyl sites for hydroxylation is 1. The zero-order chi connectivity index (χ0) is 17.9. The Morgan fingerprint density at radius 1 is 1.19 bits per heavy atom. The van der Waals surface area contributed by atoms with Crippen molar-refractivity contribution in [2.75, 3.05) is 13.1 Å². The fourth-order valence-electron chi connectivity index (χ4n) is 2.96. The van der Waals surface area contributed by atoms with Gasteiger partial charge in [-0.15, -0.1) is 5.10 Å². The molecular formula is C17H18BrN7O. The van der Waals surface area contributed by atoms with Crippen molar-refractivity contribution >= 4 is 21.8 Å². The molecule has 26 heavy (non-hydrogen) atoms. The molecule has 0 spiro atoms. The van der Waals surface area contributed by atoms with Crippen molar-refractivity contribution in [3.63, 3.8) is 0 Å². The molecule has 1 saturated heterocycles. The first-order valence-corrected chi connectivity index (χ1v) is 9.24. The first-order valence-electron chi connectivity index (χ1n) is 8.45. The van der Waals surface area contributed by atoms with Gasteiger partial charge in [0.2, 0.25) is 5.91 Å². The van der Waals surface area contributed by atoms with Crippen LogP contribution in [0.1, 0.15) is 23.7 Å². The van der Waals surface area contributed by atoms with Gasteiger partial charge in [-0.2, -0.15) is 15.0 Å². The van der Waals surface area contributed by atoms with E-state index in [2.05, 4.69) is 36.4 Å². The fraction of sp³-hybridized carbons (Fsp3) is 0.353. The maximum atomic E-state index is 12.3. The first kappa shape index (κ1) is 16.9. The van der Waals surface area contributed by atoms with Gasteiger partial charge in [-0.1, -0.05) is 39.3 Å². The van der Waals surface area contributed by atoms with Crippen molar-refractivity contribution < 1.29 is 4.79 Å². The summed E-state index contributed by atoms with van der Waals surface area (Å²) in [4.78, 5) is 15.8. The Labute approximate surface area is 158 Å². The molecular weight excluding hydrogens is 398 g/mol. The van der Waals surface area contributed by atoms with E-state index in [0.29, 0.717) is 26.1 Å². The summed E-state index contributed by atoms with van der Waals surface area (Å²) < 4.78 is 2.88. The molecule has 1 amide bonds. The van der Waals surface area contributed by atoms with E-state index in [0.717, 1.165) is 22.2 Å². The van der Waals surface area contributed by atoms with Crippen LogP contribution in [0.3, 0.4) is 0 Å². The summed E-state index contributed by atoms with van der Waals surface area (Å²) in [7, 11) is 0. The minimum absolute atomic E-state index is 0.179. The molecule has 9 heteroatoms. The molecule has 3 aromatic rings. The molecule has 4 rings (SSSR count). The van der Waals surface area contributed by atoms with Gasteiger partial charge in [0.25, 0.3) is 0 Å². The summed E-state index contributed by atoms with van der Waals surface area (Å²) in [5, 5.41) is 16.4. The number of nitrogens with zero attached hydrogens (tertiary/aromatic N) is 7. The zero-order valence-electron chi connectivity index (χ0n) is 14.1. The highest BCUT2D eigenvalue weighted by Crippen LogP contribution is 2.23. The molecule has 0 saturated carbocycles. The van der Waals surface area contributed by atoms with Crippen molar-refractivity contribution in [3.8, 4) is 0 Å². The molecule has 8 nitrogen and oxygen atoms in total. The van der Waals surface area contributed by atoms with Crippen LogP contribution >= 0.6 is 15.9 Å². The summed E-state index contributed by atoms with van der Waals surface area (Å²) >= 11 is 3.52. The van der Waals surface area contributed by atoms with Gasteiger partial charge < -0.3 is 4.90 Å². The largest absolute Gasteiger partial charge is 0.338 e. The van der Waals surface area contributed by atoms with Crippen LogP contribution < -0.4 is 0 Å². The van der Waals surface area contributed by atoms with Crippen LogP contribution in [0.5, 0.6) is 0 Å². The Morgan fingerprint density at radius 3 is 2.73 bits per heavy atom. The molecule has 0 N–H and O–H groups in total. The minimum Gasteiger partial charge on any atom is -0.338 e. The molecule has 1 aliphatic heterocycles. The fourth-order valence-corrected chi connectivity index (χ4v) is 3.44. The highest BCUT2D eigenvalue weighted by molar-refractivity contribution is 9.10. The van der Waals surface area contributed by atoms with Crippen LogP contribution in [-0.2, 0) is 17.8 Å². The lowest BCUT2D eigenvalue weighted by Crippen LogP contribution is -2.51. The van der Waals surface area contributed by atoms with E-state index in [-0.39, 0.29) is 11.9 Å². The molecule has 0 atom stereocenters. The predicted octanol–water partition coefficient (Wildman–Crippen LogP) is 1.70. The summed E-state index contributed by atoms with van der Waals surface area (Å²) in [6, 6.07) is 8.20. The van der Waals surface area contributed by atoms with Gasteiger partial charge in [0.15, 0.2) is 0 Å². The van der Waals surface area contributed by atoms with E-state index >= 15 is 0 Å². The van der Waals surface area contributed by atoms with E-state index in [1.165, 1.54) is 0 Å². The number of rotatable bonds is 6. The topological polar surface area (TPSA) is 81.7 Å². The van der Waals surface area contributed by atoms with E-state index < -0.39 is 0 Å². The Kier molecular flexibility index (Phi) is 4.79. The third-order valence-electron chi connectivity index (χ3n) is 4.48. The number of carbonyl (C=O) groups is 1. The van der Waals surface area contributed by atoms with Gasteiger partial charge in [0, 0.05) is 24.0 Å². The lowest BCUT2D eigenvalue weighted by molar-refractivity contribution is -0.137. The second-order valence-corrected chi connectivity index (χ2v) is 7.15. The Morgan fingerprint density at radius 2 is 1.96 bits per heavy atom. The lowest BCUT2D eigenvalue weighted by atomic mass is 10.1. The van der Waals surface area contributed by atoms with Gasteiger partial charge in [0.1, 0.15) is 12.2 Å². The number of benzene rings is 1. The van der Waals surface area contributed by atoms with Crippen molar-refractivity contribution in [2.45, 2.75) is 25.4 Å². The highest BCUT2D eigenvalue weighted by Gasteiger charge is 2.32. The van der Waals surface area contributed by atoms with E-state index in [1.54, 1.807) is 17.2 Å². The lowest BCUT2D eigenvalue weighted by Gasteiger charge is -2.39. The minimum atomic E-state index is 0.179. The van der Waals surface area contributed by atoms with E-state index in [9.17, 15) is 4.79 Å². The van der Waals surface area contributed by atoms with Gasteiger partial charge in [0.05, 0.1) is 24.6 Å². The second kappa shape index (κ2) is 7.36. The number of amides is 1. The average molecular weight is 416 g/mol. The summed E-state index contributed by atoms with van der Waals surface area (Å²) in [5.74, 6) is 0.179. The molecule has 1 aliphatic rings. The Bertz CT molecular complexity index is 886. The second-order valence-electron chi connectivity index (χ2n) is 6.29. The van der Waals surface area contributed by atoms with Crippen LogP contribution in [0, 0.1) is 0 Å². The summed E-state index contributed by atoms with van der Waals surface area (Å²) in [5.41, 5.74) is 1.96. The molecule has 134 valence electrons. The van der Waals surface area contributed by atoms with Crippen molar-refractivity contribution in [2.24, 2.45) is 0 Å². The molecule has 0 radical (unpaired) electrons. The first-order chi connectivity index (χ1) is 12.7. The van der Waals surface area contributed by atoms with Crippen LogP contribution in [0.25, 0.3) is 0 Å². The molecule has 0 unspecified atom stereocenters. The van der Waals surface area contributed by atoms with Crippen molar-refractivity contribution in [1.29, 1.82) is 0 Å². The van der Waals surface area contributed by atoms with Crippen molar-refractivity contribution in [1.82, 2.24) is 34.9 Å². The third-order valence-corrected chi connectivity index (χ3v) is 5.26. The predicted molar refractivity (Wildman–Crippen MR) is 97.2 cm³/mol. The monoisotopic (exact) mass is 415 g/mol. The molecule has 3 heterocycles. The van der Waals surface area contributed by atoms with Gasteiger partial charge >= 0.3 is 0 Å². The molecule has 1 aromatic carbocycles. The normalized spacial score (nSPS) is 14.4. The maximum absolute atomic E-state index is 12.3. The molecule has 0 aliphatic carbocycles. The number of aromatic nitrogens is 6. The standard InChI is InChI=1S/C17H18BrN7O/c18-16-4-2-1-3-13(16)5-6-17(26)23-11-15(12-23)24-9-14(21-22-24)10-25-19-7-8-20-25/h1-4,7-9,15H,5-6,10-12H2. The Hall–Kier alpha value is -2.55. The number of likely N-dealkylation sites (tertiary alicyclic amines) is 1. The van der Waals surface area contributed by atoms with Crippen molar-refractivity contribution in [3.05, 3.63) is 58.6 Å². The third kappa shape index (κ3) is 3.67. The Balaban J connectivity index is 1.26. The number of hydrogen-bond donors (Lipinski definition) is 0. The SMILES string of the molecule is O=C(CCc1ccccc1Br)N1CC(n2cc(Cn3nccn3)nn2)C1. The zero-order valence-corrected chi connectivity index (χ0v) is 15.7. The average Bonchev–Trinajstić information content (AvgIpc) is 3.26. The molecule has 0 bridgehead atoms. The number of carbonyl (C=O) groups excluding carboxylic acids is 1. The van der Waals surface area contributed by atoms with Crippen LogP contribution in [0.2, 0.25) is 0 Å². The smallest absolute Gasteiger partial charge is 0.223 e. The molecule has 1 fully saturated rings. The molecule has 2 aromatic heterocycles. The number of halogens is 1. The highest BCUT2D eigenvalue weighted by atomic mass is 79.9. The summed E-state index contributed by atoms with van der Waals surface area (Å²) in [6.07, 6.45) is 6.42. The van der Waals surface area contributed by atoms with Gasteiger partial charge in [-0.05, 0) is 18.1 Å². The van der Waals surface area contributed by atoms with E-state index in [4.69, 9.17) is 0 Å². The van der Waals surface area contributed by atoms with Crippen LogP contribution in [0.15, 0.2) is 47.3 Å². The van der Waals surface area contributed by atoms with Gasteiger partial charge in [-0.25, -0.2) is 4.68 Å². The summed E-state index contributed by atoms with van der Waals surface area (Å²) in [6.45, 7) is 1.85. The van der Waals surface area contributed by atoms with E-state index in [1.807, 2.05) is 40.0 Å². The van der Waals surface area contributed by atoms with Gasteiger partial charge in [-0.3, -0.25) is 4.79 Å².